The van der Waals surface area contributed by atoms with Crippen molar-refractivity contribution in [1.29, 1.82) is 0 Å². The molecule has 0 aliphatic carbocycles. The van der Waals surface area contributed by atoms with Crippen LogP contribution in [0.3, 0.4) is 0 Å². The van der Waals surface area contributed by atoms with Gasteiger partial charge in [-0.2, -0.15) is 0 Å². The Kier molecular flexibility index (Phi) is 4.20. The van der Waals surface area contributed by atoms with Crippen LogP contribution in [0.1, 0.15) is 31.2 Å². The topological polar surface area (TPSA) is 30.5 Å². The first-order valence-electron chi connectivity index (χ1n) is 7.42. The van der Waals surface area contributed by atoms with Crippen molar-refractivity contribution < 1.29 is 9.47 Å². The Bertz CT molecular complexity index is 446. The minimum Gasteiger partial charge on any atom is -0.381 e. The van der Waals surface area contributed by atoms with Gasteiger partial charge in [-0.15, -0.1) is 0 Å². The maximum atomic E-state index is 6.31. The van der Waals surface area contributed by atoms with Crippen molar-refractivity contribution in [2.45, 2.75) is 44.2 Å². The highest BCUT2D eigenvalue weighted by Crippen LogP contribution is 2.36. The van der Waals surface area contributed by atoms with Crippen LogP contribution in [0.15, 0.2) is 18.2 Å². The van der Waals surface area contributed by atoms with Gasteiger partial charge in [0.2, 0.25) is 0 Å². The summed E-state index contributed by atoms with van der Waals surface area (Å²) < 4.78 is 11.5. The minimum absolute atomic E-state index is 0.0172. The maximum absolute atomic E-state index is 6.31. The first kappa shape index (κ1) is 14.2. The summed E-state index contributed by atoms with van der Waals surface area (Å²) in [4.78, 5) is 0. The summed E-state index contributed by atoms with van der Waals surface area (Å²) in [5.74, 6) is 0. The van der Waals surface area contributed by atoms with Gasteiger partial charge in [-0.05, 0) is 44.2 Å². The number of para-hydroxylation sites is 1. The van der Waals surface area contributed by atoms with Crippen LogP contribution in [0.2, 0.25) is 5.02 Å². The van der Waals surface area contributed by atoms with Crippen LogP contribution >= 0.6 is 11.6 Å². The van der Waals surface area contributed by atoms with E-state index in [4.69, 9.17) is 21.1 Å². The van der Waals surface area contributed by atoms with E-state index < -0.39 is 0 Å². The van der Waals surface area contributed by atoms with E-state index in [1.165, 1.54) is 5.56 Å². The molecule has 3 nitrogen and oxygen atoms in total. The number of ether oxygens (including phenoxy) is 2. The summed E-state index contributed by atoms with van der Waals surface area (Å²) in [6, 6.07) is 6.46. The number of anilines is 1. The van der Waals surface area contributed by atoms with Gasteiger partial charge in [-0.1, -0.05) is 23.7 Å². The lowest BCUT2D eigenvalue weighted by Gasteiger charge is -2.43. The molecule has 0 bridgehead atoms. The fourth-order valence-corrected chi connectivity index (χ4v) is 3.54. The number of hydrogen-bond donors (Lipinski definition) is 1. The predicted octanol–water partition coefficient (Wildman–Crippen LogP) is 3.79. The average molecular weight is 296 g/mol. The van der Waals surface area contributed by atoms with Gasteiger partial charge in [0.25, 0.3) is 0 Å². The molecule has 0 aromatic heterocycles. The number of rotatable bonds is 2. The number of hydrogen-bond acceptors (Lipinski definition) is 3. The van der Waals surface area contributed by atoms with Crippen molar-refractivity contribution in [1.82, 2.24) is 0 Å². The Labute approximate surface area is 125 Å². The van der Waals surface area contributed by atoms with E-state index in [0.717, 1.165) is 56.2 Å². The molecule has 1 N–H and O–H groups in total. The fourth-order valence-electron chi connectivity index (χ4n) is 3.26. The molecule has 2 fully saturated rings. The average Bonchev–Trinajstić information content (AvgIpc) is 2.44. The smallest absolute Gasteiger partial charge is 0.0745 e. The normalized spacial score (nSPS) is 25.6. The standard InChI is InChI=1S/C16H22ClNO2/c1-12-3-2-4-14(17)15(12)18-13-5-8-20-16(11-13)6-9-19-10-7-16/h2-4,13,18H,5-11H2,1H3. The van der Waals surface area contributed by atoms with Crippen LogP contribution < -0.4 is 5.32 Å². The molecule has 2 saturated heterocycles. The van der Waals surface area contributed by atoms with Crippen LogP contribution in [0.4, 0.5) is 5.69 Å². The van der Waals surface area contributed by atoms with Crippen LogP contribution in [0.5, 0.6) is 0 Å². The van der Waals surface area contributed by atoms with E-state index in [9.17, 15) is 0 Å². The Balaban J connectivity index is 1.71. The van der Waals surface area contributed by atoms with Crippen LogP contribution in [0.25, 0.3) is 0 Å². The van der Waals surface area contributed by atoms with Crippen molar-refractivity contribution in [3.63, 3.8) is 0 Å². The first-order valence-corrected chi connectivity index (χ1v) is 7.80. The van der Waals surface area contributed by atoms with Crippen molar-refractivity contribution in [3.05, 3.63) is 28.8 Å². The van der Waals surface area contributed by atoms with Gasteiger partial charge >= 0.3 is 0 Å². The molecule has 1 spiro atoms. The molecule has 1 aromatic rings. The molecule has 20 heavy (non-hydrogen) atoms. The molecule has 110 valence electrons. The van der Waals surface area contributed by atoms with Gasteiger partial charge in [-0.25, -0.2) is 0 Å². The van der Waals surface area contributed by atoms with Crippen molar-refractivity contribution in [3.8, 4) is 0 Å². The summed E-state index contributed by atoms with van der Waals surface area (Å²) in [5.41, 5.74) is 2.29. The van der Waals surface area contributed by atoms with Gasteiger partial charge in [0.15, 0.2) is 0 Å². The zero-order valence-corrected chi connectivity index (χ0v) is 12.7. The minimum atomic E-state index is 0.0172. The predicted molar refractivity (Wildman–Crippen MR) is 81.6 cm³/mol. The third-order valence-electron chi connectivity index (χ3n) is 4.47. The first-order chi connectivity index (χ1) is 9.69. The number of benzene rings is 1. The van der Waals surface area contributed by atoms with Crippen molar-refractivity contribution in [2.24, 2.45) is 0 Å². The Morgan fingerprint density at radius 1 is 1.25 bits per heavy atom. The molecular formula is C16H22ClNO2. The number of nitrogens with one attached hydrogen (secondary N) is 1. The van der Waals surface area contributed by atoms with Crippen molar-refractivity contribution in [2.75, 3.05) is 25.1 Å². The van der Waals surface area contributed by atoms with E-state index >= 15 is 0 Å². The second kappa shape index (κ2) is 5.92. The molecule has 2 heterocycles. The summed E-state index contributed by atoms with van der Waals surface area (Å²) in [7, 11) is 0. The Morgan fingerprint density at radius 2 is 2.05 bits per heavy atom. The third kappa shape index (κ3) is 2.95. The summed E-state index contributed by atoms with van der Waals surface area (Å²) in [5, 5.41) is 4.44. The number of aryl methyl sites for hydroxylation is 1. The van der Waals surface area contributed by atoms with E-state index in [2.05, 4.69) is 18.3 Å². The summed E-state index contributed by atoms with van der Waals surface area (Å²) in [6.45, 7) is 4.55. The maximum Gasteiger partial charge on any atom is 0.0745 e. The monoisotopic (exact) mass is 295 g/mol. The van der Waals surface area contributed by atoms with Gasteiger partial charge in [-0.3, -0.25) is 0 Å². The lowest BCUT2D eigenvalue weighted by molar-refractivity contribution is -0.135. The molecule has 3 rings (SSSR count). The molecule has 0 saturated carbocycles. The van der Waals surface area contributed by atoms with E-state index in [1.807, 2.05) is 12.1 Å². The molecule has 0 radical (unpaired) electrons. The van der Waals surface area contributed by atoms with Gasteiger partial charge in [0.1, 0.15) is 0 Å². The van der Waals surface area contributed by atoms with Crippen LogP contribution in [-0.2, 0) is 9.47 Å². The van der Waals surface area contributed by atoms with Gasteiger partial charge in [0, 0.05) is 25.9 Å². The molecule has 1 unspecified atom stereocenters. The molecule has 0 amide bonds. The Morgan fingerprint density at radius 3 is 2.80 bits per heavy atom. The van der Waals surface area contributed by atoms with Crippen LogP contribution in [0, 0.1) is 6.92 Å². The summed E-state index contributed by atoms with van der Waals surface area (Å²) >= 11 is 6.31. The van der Waals surface area contributed by atoms with E-state index in [1.54, 1.807) is 0 Å². The second-order valence-electron chi connectivity index (χ2n) is 5.91. The summed E-state index contributed by atoms with van der Waals surface area (Å²) in [6.07, 6.45) is 4.09. The third-order valence-corrected chi connectivity index (χ3v) is 4.78. The van der Waals surface area contributed by atoms with E-state index in [-0.39, 0.29) is 5.60 Å². The zero-order chi connectivity index (χ0) is 14.0. The largest absolute Gasteiger partial charge is 0.381 e. The van der Waals surface area contributed by atoms with Gasteiger partial charge < -0.3 is 14.8 Å². The lowest BCUT2D eigenvalue weighted by Crippen LogP contribution is -2.47. The highest BCUT2D eigenvalue weighted by molar-refractivity contribution is 6.33. The van der Waals surface area contributed by atoms with Gasteiger partial charge in [0.05, 0.1) is 16.3 Å². The molecule has 2 aliphatic heterocycles. The molecular weight excluding hydrogens is 274 g/mol. The van der Waals surface area contributed by atoms with Crippen LogP contribution in [-0.4, -0.2) is 31.5 Å². The zero-order valence-electron chi connectivity index (χ0n) is 12.0. The molecule has 4 heteroatoms. The second-order valence-corrected chi connectivity index (χ2v) is 6.32. The highest BCUT2D eigenvalue weighted by atomic mass is 35.5. The fraction of sp³-hybridized carbons (Fsp3) is 0.625. The SMILES string of the molecule is Cc1cccc(Cl)c1NC1CCOC2(CCOCC2)C1. The van der Waals surface area contributed by atoms with Crippen molar-refractivity contribution >= 4 is 17.3 Å². The quantitative estimate of drug-likeness (QED) is 0.900. The van der Waals surface area contributed by atoms with E-state index in [0.29, 0.717) is 6.04 Å². The molecule has 1 atom stereocenters. The molecule has 2 aliphatic rings. The Hall–Kier alpha value is -0.770. The highest BCUT2D eigenvalue weighted by Gasteiger charge is 2.39. The number of halogens is 1. The lowest BCUT2D eigenvalue weighted by atomic mass is 9.84. The molecule has 1 aromatic carbocycles.